The predicted molar refractivity (Wildman–Crippen MR) is 60.3 cm³/mol. The summed E-state index contributed by atoms with van der Waals surface area (Å²) in [5.41, 5.74) is 0. The van der Waals surface area contributed by atoms with Crippen LogP contribution in [0.15, 0.2) is 10.6 Å². The third-order valence-electron chi connectivity index (χ3n) is 2.34. The molecule has 2 nitrogen and oxygen atoms in total. The first kappa shape index (κ1) is 11.8. The van der Waals surface area contributed by atoms with Crippen LogP contribution in [-0.2, 0) is 9.53 Å². The van der Waals surface area contributed by atoms with Gasteiger partial charge in [0.05, 0.1) is 0 Å². The van der Waals surface area contributed by atoms with Gasteiger partial charge >= 0.3 is 5.97 Å². The minimum atomic E-state index is -0.0751. The lowest BCUT2D eigenvalue weighted by Crippen LogP contribution is -2.06. The number of ether oxygens (including phenoxy) is 1. The Labute approximate surface area is 93.8 Å². The highest BCUT2D eigenvalue weighted by atomic mass is 79.9. The lowest BCUT2D eigenvalue weighted by atomic mass is 10.1. The molecule has 0 aromatic carbocycles. The minimum Gasteiger partial charge on any atom is -0.457 e. The Morgan fingerprint density at radius 3 is 3.00 bits per heavy atom. The van der Waals surface area contributed by atoms with Gasteiger partial charge in [0.15, 0.2) is 0 Å². The number of cyclic esters (lactones) is 1. The number of hydrogen-bond donors (Lipinski definition) is 0. The minimum absolute atomic E-state index is 0.0101. The number of hydrogen-bond acceptors (Lipinski definition) is 2. The van der Waals surface area contributed by atoms with Crippen molar-refractivity contribution in [3.05, 3.63) is 10.6 Å². The SMILES string of the molecule is CCCCC/C=C(\Br)C1CCC(=O)O1. The lowest BCUT2D eigenvalue weighted by Gasteiger charge is -2.07. The van der Waals surface area contributed by atoms with Crippen molar-refractivity contribution in [2.75, 3.05) is 0 Å². The van der Waals surface area contributed by atoms with Gasteiger partial charge in [0.25, 0.3) is 0 Å². The number of carbonyl (C=O) groups excluding carboxylic acids is 1. The first-order valence-electron chi connectivity index (χ1n) is 5.29. The zero-order chi connectivity index (χ0) is 10.4. The van der Waals surface area contributed by atoms with Crippen LogP contribution in [0.25, 0.3) is 0 Å². The maximum absolute atomic E-state index is 10.9. The van der Waals surface area contributed by atoms with Crippen LogP contribution < -0.4 is 0 Å². The van der Waals surface area contributed by atoms with Crippen LogP contribution in [0.4, 0.5) is 0 Å². The molecule has 0 aromatic heterocycles. The van der Waals surface area contributed by atoms with Crippen molar-refractivity contribution in [3.63, 3.8) is 0 Å². The first-order valence-corrected chi connectivity index (χ1v) is 6.08. The van der Waals surface area contributed by atoms with Crippen molar-refractivity contribution in [1.82, 2.24) is 0 Å². The van der Waals surface area contributed by atoms with Crippen molar-refractivity contribution >= 4 is 21.9 Å². The van der Waals surface area contributed by atoms with Crippen LogP contribution in [-0.4, -0.2) is 12.1 Å². The van der Waals surface area contributed by atoms with Gasteiger partial charge in [-0.15, -0.1) is 0 Å². The smallest absolute Gasteiger partial charge is 0.306 e. The normalized spacial score (nSPS) is 22.6. The van der Waals surface area contributed by atoms with Gasteiger partial charge in [-0.25, -0.2) is 0 Å². The topological polar surface area (TPSA) is 26.3 Å². The molecular formula is C11H17BrO2. The highest BCUT2D eigenvalue weighted by molar-refractivity contribution is 9.11. The van der Waals surface area contributed by atoms with Gasteiger partial charge in [0.2, 0.25) is 0 Å². The van der Waals surface area contributed by atoms with Crippen LogP contribution in [0, 0.1) is 0 Å². The Morgan fingerprint density at radius 2 is 2.43 bits per heavy atom. The fourth-order valence-electron chi connectivity index (χ4n) is 1.49. The van der Waals surface area contributed by atoms with Crippen molar-refractivity contribution in [2.45, 2.75) is 51.6 Å². The molecule has 0 aromatic rings. The molecule has 1 fully saturated rings. The molecular weight excluding hydrogens is 244 g/mol. The zero-order valence-electron chi connectivity index (χ0n) is 8.59. The largest absolute Gasteiger partial charge is 0.457 e. The number of allylic oxidation sites excluding steroid dienone is 1. The van der Waals surface area contributed by atoms with Crippen LogP contribution >= 0.6 is 15.9 Å². The number of unbranched alkanes of at least 4 members (excludes halogenated alkanes) is 3. The molecule has 80 valence electrons. The van der Waals surface area contributed by atoms with Gasteiger partial charge in [0.1, 0.15) is 6.10 Å². The second-order valence-corrected chi connectivity index (χ2v) is 4.52. The summed E-state index contributed by atoms with van der Waals surface area (Å²) in [4.78, 5) is 10.9. The number of halogens is 1. The van der Waals surface area contributed by atoms with E-state index in [2.05, 4.69) is 28.9 Å². The number of esters is 1. The molecule has 0 saturated carbocycles. The molecule has 1 heterocycles. The highest BCUT2D eigenvalue weighted by Gasteiger charge is 2.24. The summed E-state index contributed by atoms with van der Waals surface area (Å²) in [6.45, 7) is 2.19. The van der Waals surface area contributed by atoms with Gasteiger partial charge in [-0.1, -0.05) is 41.8 Å². The number of rotatable bonds is 5. The fraction of sp³-hybridized carbons (Fsp3) is 0.727. The lowest BCUT2D eigenvalue weighted by molar-refractivity contribution is -0.140. The summed E-state index contributed by atoms with van der Waals surface area (Å²) in [5.74, 6) is -0.0751. The molecule has 1 unspecified atom stereocenters. The molecule has 1 rings (SSSR count). The van der Waals surface area contributed by atoms with Crippen LogP contribution in [0.2, 0.25) is 0 Å². The van der Waals surface area contributed by atoms with Gasteiger partial charge in [-0.2, -0.15) is 0 Å². The first-order chi connectivity index (χ1) is 6.74. The Hall–Kier alpha value is -0.310. The Balaban J connectivity index is 2.25. The predicted octanol–water partition coefficient (Wildman–Crippen LogP) is 3.55. The number of carbonyl (C=O) groups is 1. The third-order valence-corrected chi connectivity index (χ3v) is 3.17. The fourth-order valence-corrected chi connectivity index (χ4v) is 2.04. The van der Waals surface area contributed by atoms with E-state index < -0.39 is 0 Å². The maximum Gasteiger partial charge on any atom is 0.306 e. The molecule has 0 amide bonds. The van der Waals surface area contributed by atoms with Crippen molar-refractivity contribution in [2.24, 2.45) is 0 Å². The van der Waals surface area contributed by atoms with E-state index in [1.165, 1.54) is 19.3 Å². The molecule has 0 N–H and O–H groups in total. The summed E-state index contributed by atoms with van der Waals surface area (Å²) in [6, 6.07) is 0. The second-order valence-electron chi connectivity index (χ2n) is 3.60. The van der Waals surface area contributed by atoms with E-state index >= 15 is 0 Å². The second kappa shape index (κ2) is 6.23. The zero-order valence-corrected chi connectivity index (χ0v) is 10.2. The van der Waals surface area contributed by atoms with E-state index in [9.17, 15) is 4.79 Å². The van der Waals surface area contributed by atoms with E-state index in [1.807, 2.05) is 0 Å². The quantitative estimate of drug-likeness (QED) is 0.558. The summed E-state index contributed by atoms with van der Waals surface area (Å²) in [7, 11) is 0. The molecule has 1 saturated heterocycles. The molecule has 1 aliphatic heterocycles. The van der Waals surface area contributed by atoms with Gasteiger partial charge in [0, 0.05) is 10.9 Å². The average molecular weight is 261 g/mol. The monoisotopic (exact) mass is 260 g/mol. The molecule has 1 aliphatic rings. The summed E-state index contributed by atoms with van der Waals surface area (Å²) < 4.78 is 6.17. The summed E-state index contributed by atoms with van der Waals surface area (Å²) in [5, 5.41) is 0. The summed E-state index contributed by atoms with van der Waals surface area (Å²) in [6.07, 6.45) is 8.30. The van der Waals surface area contributed by atoms with Crippen molar-refractivity contribution in [3.8, 4) is 0 Å². The van der Waals surface area contributed by atoms with Crippen LogP contribution in [0.3, 0.4) is 0 Å². The van der Waals surface area contributed by atoms with E-state index in [0.717, 1.165) is 17.3 Å². The maximum atomic E-state index is 10.9. The molecule has 3 heteroatoms. The molecule has 0 aliphatic carbocycles. The molecule has 0 radical (unpaired) electrons. The Morgan fingerprint density at radius 1 is 1.64 bits per heavy atom. The standard InChI is InChI=1S/C11H17BrO2/c1-2-3-4-5-6-9(12)10-7-8-11(13)14-10/h6,10H,2-5,7-8H2,1H3/b9-6-. The molecule has 0 bridgehead atoms. The van der Waals surface area contributed by atoms with Crippen LogP contribution in [0.5, 0.6) is 0 Å². The third kappa shape index (κ3) is 3.82. The van der Waals surface area contributed by atoms with Crippen molar-refractivity contribution in [1.29, 1.82) is 0 Å². The van der Waals surface area contributed by atoms with Crippen molar-refractivity contribution < 1.29 is 9.53 Å². The highest BCUT2D eigenvalue weighted by Crippen LogP contribution is 2.25. The molecule has 1 atom stereocenters. The molecule has 0 spiro atoms. The van der Waals surface area contributed by atoms with E-state index in [1.54, 1.807) is 0 Å². The average Bonchev–Trinajstić information content (AvgIpc) is 2.59. The van der Waals surface area contributed by atoms with Gasteiger partial charge in [-0.3, -0.25) is 4.79 Å². The van der Waals surface area contributed by atoms with E-state index in [0.29, 0.717) is 6.42 Å². The Bertz CT molecular complexity index is 223. The summed E-state index contributed by atoms with van der Waals surface area (Å²) >= 11 is 3.47. The van der Waals surface area contributed by atoms with E-state index in [-0.39, 0.29) is 12.1 Å². The van der Waals surface area contributed by atoms with Gasteiger partial charge in [-0.05, 0) is 19.3 Å². The Kier molecular flexibility index (Phi) is 5.23. The van der Waals surface area contributed by atoms with E-state index in [4.69, 9.17) is 4.74 Å². The van der Waals surface area contributed by atoms with Gasteiger partial charge < -0.3 is 4.74 Å². The molecule has 14 heavy (non-hydrogen) atoms. The van der Waals surface area contributed by atoms with Crippen LogP contribution in [0.1, 0.15) is 45.4 Å².